The predicted octanol–water partition coefficient (Wildman–Crippen LogP) is 7.95. The van der Waals surface area contributed by atoms with Crippen LogP contribution in [0.4, 0.5) is 11.4 Å². The third kappa shape index (κ3) is 9.94. The van der Waals surface area contributed by atoms with Crippen LogP contribution in [0.25, 0.3) is 11.1 Å². The Morgan fingerprint density at radius 2 is 1.50 bits per heavy atom. The largest absolute Gasteiger partial charge is 0.381 e. The third-order valence-corrected chi connectivity index (χ3v) is 13.1. The van der Waals surface area contributed by atoms with Gasteiger partial charge in [0.05, 0.1) is 4.90 Å². The number of amides is 2. The lowest BCUT2D eigenvalue weighted by Crippen LogP contribution is -2.46. The quantitative estimate of drug-likeness (QED) is 0.109. The van der Waals surface area contributed by atoms with Crippen molar-refractivity contribution in [1.29, 1.82) is 0 Å². The third-order valence-electron chi connectivity index (χ3n) is 10.4. The molecule has 9 nitrogen and oxygen atoms in total. The van der Waals surface area contributed by atoms with Crippen molar-refractivity contribution < 1.29 is 18.0 Å². The molecular weight excluding hydrogens is 762 g/mol. The summed E-state index contributed by atoms with van der Waals surface area (Å²) in [6.45, 7) is 7.66. The molecule has 0 spiro atoms. The van der Waals surface area contributed by atoms with E-state index in [1.807, 2.05) is 66.4 Å². The fraction of sp³-hybridized carbons (Fsp3) is 0.273. The molecule has 290 valence electrons. The number of hydrogen-bond donors (Lipinski definition) is 2. The van der Waals surface area contributed by atoms with Gasteiger partial charge in [-0.3, -0.25) is 14.5 Å². The molecule has 2 fully saturated rings. The van der Waals surface area contributed by atoms with E-state index in [2.05, 4.69) is 56.2 Å². The smallest absolute Gasteiger partial charge is 0.264 e. The second kappa shape index (κ2) is 18.0. The number of piperazine rings is 1. The van der Waals surface area contributed by atoms with Gasteiger partial charge >= 0.3 is 0 Å². The SMILES string of the molecule is Cc1cc(S(=O)(=O)NC(=O)c2ccc(N3CCN(Cc4ccccc4-c4ccc(Cl)cc4)CC3)cc2)ccc1N[C@@H](CSc1ccccc1)CC(=O)N1CCC1. The topological polar surface area (TPSA) is 102 Å². The summed E-state index contributed by atoms with van der Waals surface area (Å²) in [4.78, 5) is 33.8. The second-order valence-corrected chi connectivity index (χ2v) is 17.5. The number of rotatable bonds is 14. The number of nitrogens with zero attached hydrogens (tertiary/aromatic N) is 3. The van der Waals surface area contributed by atoms with Crippen molar-refractivity contribution in [3.63, 3.8) is 0 Å². The molecule has 2 aliphatic heterocycles. The summed E-state index contributed by atoms with van der Waals surface area (Å²) in [5.74, 6) is 0.0823. The molecule has 0 radical (unpaired) electrons. The molecule has 5 aromatic rings. The van der Waals surface area contributed by atoms with Gasteiger partial charge in [-0.2, -0.15) is 0 Å². The molecule has 2 saturated heterocycles. The van der Waals surface area contributed by atoms with Crippen LogP contribution in [-0.4, -0.2) is 81.1 Å². The number of nitrogens with one attached hydrogen (secondary N) is 2. The zero-order valence-corrected chi connectivity index (χ0v) is 33.8. The number of anilines is 2. The molecule has 56 heavy (non-hydrogen) atoms. The molecule has 2 N–H and O–H groups in total. The van der Waals surface area contributed by atoms with E-state index in [4.69, 9.17) is 11.6 Å². The molecule has 7 rings (SSSR count). The van der Waals surface area contributed by atoms with Gasteiger partial charge < -0.3 is 15.1 Å². The van der Waals surface area contributed by atoms with Gasteiger partial charge in [-0.05, 0) is 102 Å². The van der Waals surface area contributed by atoms with Gasteiger partial charge in [-0.25, -0.2) is 13.1 Å². The van der Waals surface area contributed by atoms with Gasteiger partial charge in [-0.1, -0.05) is 66.2 Å². The van der Waals surface area contributed by atoms with Gasteiger partial charge in [0.2, 0.25) is 5.91 Å². The molecule has 2 aliphatic rings. The molecular formula is C44H46ClN5O4S2. The minimum absolute atomic E-state index is 0.00829. The van der Waals surface area contributed by atoms with E-state index in [0.717, 1.165) is 79.1 Å². The molecule has 0 unspecified atom stereocenters. The first-order valence-corrected chi connectivity index (χ1v) is 21.8. The fourth-order valence-corrected chi connectivity index (χ4v) is 9.12. The second-order valence-electron chi connectivity index (χ2n) is 14.3. The molecule has 5 aromatic carbocycles. The lowest BCUT2D eigenvalue weighted by molar-refractivity contribution is -0.134. The molecule has 12 heteroatoms. The highest BCUT2D eigenvalue weighted by atomic mass is 35.5. The summed E-state index contributed by atoms with van der Waals surface area (Å²) in [5, 5.41) is 4.21. The number of hydrogen-bond acceptors (Lipinski definition) is 8. The van der Waals surface area contributed by atoms with E-state index < -0.39 is 15.9 Å². The van der Waals surface area contributed by atoms with E-state index in [1.165, 1.54) is 17.2 Å². The van der Waals surface area contributed by atoms with E-state index in [1.54, 1.807) is 36.0 Å². The number of carbonyl (C=O) groups excluding carboxylic acids is 2. The molecule has 1 atom stereocenters. The zero-order valence-electron chi connectivity index (χ0n) is 31.4. The Morgan fingerprint density at radius 3 is 2.18 bits per heavy atom. The van der Waals surface area contributed by atoms with Crippen molar-refractivity contribution in [3.8, 4) is 11.1 Å². The fourth-order valence-electron chi connectivity index (χ4n) is 6.99. The summed E-state index contributed by atoms with van der Waals surface area (Å²) in [6, 6.07) is 38.1. The van der Waals surface area contributed by atoms with Crippen LogP contribution < -0.4 is 14.9 Å². The van der Waals surface area contributed by atoms with Gasteiger partial charge in [-0.15, -0.1) is 11.8 Å². The van der Waals surface area contributed by atoms with E-state index >= 15 is 0 Å². The van der Waals surface area contributed by atoms with Crippen molar-refractivity contribution in [2.45, 2.75) is 42.1 Å². The number of carbonyl (C=O) groups is 2. The maximum atomic E-state index is 13.4. The molecule has 2 heterocycles. The number of likely N-dealkylation sites (tertiary alicyclic amines) is 1. The highest BCUT2D eigenvalue weighted by molar-refractivity contribution is 7.99. The summed E-state index contributed by atoms with van der Waals surface area (Å²) < 4.78 is 29.0. The maximum Gasteiger partial charge on any atom is 0.264 e. The molecule has 0 bridgehead atoms. The number of halogens is 1. The van der Waals surface area contributed by atoms with Gasteiger partial charge in [0, 0.05) is 90.9 Å². The van der Waals surface area contributed by atoms with Gasteiger partial charge in [0.25, 0.3) is 15.9 Å². The van der Waals surface area contributed by atoms with Crippen molar-refractivity contribution in [3.05, 3.63) is 143 Å². The Hall–Kier alpha value is -4.81. The van der Waals surface area contributed by atoms with Crippen LogP contribution in [0.1, 0.15) is 34.3 Å². The normalized spacial score (nSPS) is 15.2. The molecule has 0 aliphatic carbocycles. The van der Waals surface area contributed by atoms with Crippen molar-refractivity contribution in [1.82, 2.24) is 14.5 Å². The van der Waals surface area contributed by atoms with Crippen LogP contribution in [0, 0.1) is 6.92 Å². The van der Waals surface area contributed by atoms with E-state index in [-0.39, 0.29) is 22.4 Å². The number of sulfonamides is 1. The summed E-state index contributed by atoms with van der Waals surface area (Å²) in [7, 11) is -4.15. The number of aryl methyl sites for hydroxylation is 1. The molecule has 0 saturated carbocycles. The Bertz CT molecular complexity index is 2240. The number of thioether (sulfide) groups is 1. The van der Waals surface area contributed by atoms with Crippen molar-refractivity contribution in [2.75, 3.05) is 55.2 Å². The summed E-state index contributed by atoms with van der Waals surface area (Å²) in [5.41, 5.74) is 6.30. The lowest BCUT2D eigenvalue weighted by Gasteiger charge is -2.36. The van der Waals surface area contributed by atoms with Crippen LogP contribution in [0.5, 0.6) is 0 Å². The molecule has 2 amide bonds. The minimum Gasteiger partial charge on any atom is -0.381 e. The highest BCUT2D eigenvalue weighted by Gasteiger charge is 2.25. The van der Waals surface area contributed by atoms with Crippen LogP contribution in [-0.2, 0) is 21.4 Å². The highest BCUT2D eigenvalue weighted by Crippen LogP contribution is 2.28. The summed E-state index contributed by atoms with van der Waals surface area (Å²) in [6.07, 6.45) is 1.37. The first-order valence-electron chi connectivity index (χ1n) is 18.9. The van der Waals surface area contributed by atoms with E-state index in [0.29, 0.717) is 17.7 Å². The average Bonchev–Trinajstić information content (AvgIpc) is 3.18. The van der Waals surface area contributed by atoms with Crippen LogP contribution in [0.3, 0.4) is 0 Å². The Morgan fingerprint density at radius 1 is 0.804 bits per heavy atom. The first kappa shape index (κ1) is 39.4. The van der Waals surface area contributed by atoms with Crippen LogP contribution in [0.2, 0.25) is 5.02 Å². The predicted molar refractivity (Wildman–Crippen MR) is 227 cm³/mol. The van der Waals surface area contributed by atoms with Gasteiger partial charge in [0.1, 0.15) is 0 Å². The molecule has 0 aromatic heterocycles. The summed E-state index contributed by atoms with van der Waals surface area (Å²) >= 11 is 7.79. The lowest BCUT2D eigenvalue weighted by atomic mass is 9.99. The van der Waals surface area contributed by atoms with Crippen LogP contribution in [0.15, 0.2) is 131 Å². The first-order chi connectivity index (χ1) is 27.1. The van der Waals surface area contributed by atoms with Crippen LogP contribution >= 0.6 is 23.4 Å². The van der Waals surface area contributed by atoms with E-state index in [9.17, 15) is 18.0 Å². The average molecular weight is 808 g/mol. The maximum absolute atomic E-state index is 13.4. The monoisotopic (exact) mass is 807 g/mol. The zero-order chi connectivity index (χ0) is 39.1. The van der Waals surface area contributed by atoms with Crippen molar-refractivity contribution >= 4 is 56.6 Å². The Balaban J connectivity index is 0.933. The van der Waals surface area contributed by atoms with Crippen molar-refractivity contribution in [2.24, 2.45) is 0 Å². The standard InChI is InChI=1S/C44H46ClN5O4S2/c1-32-28-40(20-21-42(32)46-37(29-43(51)50-22-7-23-50)31-55-39-9-3-2-4-10-39)56(53,54)47-44(52)34-14-18-38(19-15-34)49-26-24-48(25-27-49)30-35-8-5-6-11-41(35)33-12-16-36(45)17-13-33/h2-6,8-21,28,37,46H,7,22-27,29-31H2,1H3,(H,47,52)/t37-/m1/s1. The minimum atomic E-state index is -4.15. The number of benzene rings is 5. The van der Waals surface area contributed by atoms with Gasteiger partial charge in [0.15, 0.2) is 0 Å². The Kier molecular flexibility index (Phi) is 12.7. The Labute approximate surface area is 339 Å².